The predicted octanol–water partition coefficient (Wildman–Crippen LogP) is 6.61. The highest BCUT2D eigenvalue weighted by Gasteiger charge is 2.38. The lowest BCUT2D eigenvalue weighted by atomic mass is 10.0. The summed E-state index contributed by atoms with van der Waals surface area (Å²) in [4.78, 5) is 13.7. The molecule has 1 aliphatic rings. The highest BCUT2D eigenvalue weighted by molar-refractivity contribution is 5.93. The Labute approximate surface area is 214 Å². The number of piperidine rings is 1. The molecule has 0 unspecified atom stereocenters. The van der Waals surface area contributed by atoms with Crippen LogP contribution < -0.4 is 10.1 Å². The minimum Gasteiger partial charge on any atom is -0.475 e. The first-order valence-electron chi connectivity index (χ1n) is 11.7. The second kappa shape index (κ2) is 11.6. The number of carboxylic acids is 1. The van der Waals surface area contributed by atoms with E-state index in [0.717, 1.165) is 47.8 Å². The van der Waals surface area contributed by atoms with Gasteiger partial charge in [0, 0.05) is 10.9 Å². The number of aliphatic carboxylic acids is 1. The number of hydrogen-bond donors (Lipinski definition) is 2. The number of alkyl halides is 3. The van der Waals surface area contributed by atoms with E-state index in [1.807, 2.05) is 36.4 Å². The highest BCUT2D eigenvalue weighted by atomic mass is 19.4. The molecule has 1 aromatic heterocycles. The molecule has 38 heavy (non-hydrogen) atoms. The van der Waals surface area contributed by atoms with E-state index in [2.05, 4.69) is 5.32 Å². The fourth-order valence-corrected chi connectivity index (χ4v) is 4.02. The lowest BCUT2D eigenvalue weighted by Gasteiger charge is -2.24. The number of nitrogens with zero attached hydrogens (tertiary/aromatic N) is 1. The van der Waals surface area contributed by atoms with Crippen molar-refractivity contribution in [3.05, 3.63) is 84.4 Å². The maximum absolute atomic E-state index is 13.8. The van der Waals surface area contributed by atoms with Gasteiger partial charge in [-0.1, -0.05) is 36.4 Å². The summed E-state index contributed by atoms with van der Waals surface area (Å²) in [7, 11) is 0. The first-order chi connectivity index (χ1) is 18.1. The molecule has 5 nitrogen and oxygen atoms in total. The number of ether oxygens (including phenoxy) is 1. The summed E-state index contributed by atoms with van der Waals surface area (Å²) < 4.78 is 65.7. The van der Waals surface area contributed by atoms with Gasteiger partial charge in [0.15, 0.2) is 0 Å². The molecule has 1 saturated heterocycles. The Kier molecular flexibility index (Phi) is 8.21. The molecule has 1 aliphatic heterocycles. The Balaban J connectivity index is 0.000000426. The third kappa shape index (κ3) is 6.83. The monoisotopic (exact) mass is 530 g/mol. The second-order valence-electron chi connectivity index (χ2n) is 8.64. The van der Waals surface area contributed by atoms with Gasteiger partial charge in [-0.3, -0.25) is 0 Å². The standard InChI is InChI=1S/C26H22F2N2O.C2HF3O2/c27-21-5-1-3-17(13-21)18-7-8-19-16-25(20-4-2-6-22(28)14-20)30-26(24(19)15-18)31-23-9-11-29-12-10-23;3-2(4,5)1(6)7/h1-8,13-16,23,29H,9-12H2;(H,6,7). The summed E-state index contributed by atoms with van der Waals surface area (Å²) in [5, 5.41) is 12.3. The van der Waals surface area contributed by atoms with E-state index in [1.165, 1.54) is 24.3 Å². The number of hydrogen-bond acceptors (Lipinski definition) is 4. The fourth-order valence-electron chi connectivity index (χ4n) is 4.02. The summed E-state index contributed by atoms with van der Waals surface area (Å²) >= 11 is 0. The van der Waals surface area contributed by atoms with Crippen molar-refractivity contribution in [3.8, 4) is 28.3 Å². The first-order valence-corrected chi connectivity index (χ1v) is 11.7. The van der Waals surface area contributed by atoms with Gasteiger partial charge < -0.3 is 15.2 Å². The third-order valence-corrected chi connectivity index (χ3v) is 5.88. The zero-order valence-corrected chi connectivity index (χ0v) is 19.9. The van der Waals surface area contributed by atoms with Crippen molar-refractivity contribution in [3.63, 3.8) is 0 Å². The van der Waals surface area contributed by atoms with Crippen LogP contribution in [-0.2, 0) is 4.79 Å². The highest BCUT2D eigenvalue weighted by Crippen LogP contribution is 2.34. The molecule has 0 bridgehead atoms. The molecule has 0 amide bonds. The van der Waals surface area contributed by atoms with Gasteiger partial charge in [0.2, 0.25) is 5.88 Å². The van der Waals surface area contributed by atoms with Crippen LogP contribution in [0, 0.1) is 11.6 Å². The molecule has 5 rings (SSSR count). The molecule has 3 aromatic carbocycles. The van der Waals surface area contributed by atoms with E-state index in [1.54, 1.807) is 12.1 Å². The quantitative estimate of drug-likeness (QED) is 0.291. The van der Waals surface area contributed by atoms with Crippen LogP contribution in [0.3, 0.4) is 0 Å². The predicted molar refractivity (Wildman–Crippen MR) is 133 cm³/mol. The van der Waals surface area contributed by atoms with Gasteiger partial charge in [-0.05, 0) is 78.8 Å². The zero-order valence-electron chi connectivity index (χ0n) is 19.9. The maximum atomic E-state index is 13.8. The molecular formula is C28H23F5N2O3. The van der Waals surface area contributed by atoms with Crippen LogP contribution in [0.1, 0.15) is 12.8 Å². The number of pyridine rings is 1. The van der Waals surface area contributed by atoms with Crippen LogP contribution in [0.15, 0.2) is 72.8 Å². The van der Waals surface area contributed by atoms with Crippen molar-refractivity contribution >= 4 is 16.7 Å². The van der Waals surface area contributed by atoms with Crippen LogP contribution in [0.5, 0.6) is 5.88 Å². The Hall–Kier alpha value is -4.05. The largest absolute Gasteiger partial charge is 0.490 e. The SMILES string of the molecule is Fc1cccc(-c2ccc3cc(-c4cccc(F)c4)nc(OC4CCNCC4)c3c2)c1.O=C(O)C(F)(F)F. The van der Waals surface area contributed by atoms with Crippen molar-refractivity contribution in [2.75, 3.05) is 13.1 Å². The minimum atomic E-state index is -5.08. The summed E-state index contributed by atoms with van der Waals surface area (Å²) in [6.45, 7) is 1.81. The Bertz CT molecular complexity index is 1440. The maximum Gasteiger partial charge on any atom is 0.490 e. The van der Waals surface area contributed by atoms with Crippen molar-refractivity contribution in [2.24, 2.45) is 0 Å². The summed E-state index contributed by atoms with van der Waals surface area (Å²) in [5.74, 6) is -2.81. The second-order valence-corrected chi connectivity index (χ2v) is 8.64. The number of halogens is 5. The first kappa shape index (κ1) is 27.0. The van der Waals surface area contributed by atoms with Crippen molar-refractivity contribution in [1.82, 2.24) is 10.3 Å². The molecule has 10 heteroatoms. The molecule has 0 radical (unpaired) electrons. The van der Waals surface area contributed by atoms with E-state index >= 15 is 0 Å². The number of fused-ring (bicyclic) bond motifs is 1. The molecule has 1 fully saturated rings. The van der Waals surface area contributed by atoms with E-state index < -0.39 is 12.1 Å². The molecule has 0 saturated carbocycles. The number of aromatic nitrogens is 1. The van der Waals surface area contributed by atoms with Crippen molar-refractivity contribution in [2.45, 2.75) is 25.1 Å². The van der Waals surface area contributed by atoms with Gasteiger partial charge in [-0.2, -0.15) is 13.2 Å². The number of carbonyl (C=O) groups is 1. The lowest BCUT2D eigenvalue weighted by molar-refractivity contribution is -0.192. The molecule has 4 aromatic rings. The zero-order chi connectivity index (χ0) is 27.3. The third-order valence-electron chi connectivity index (χ3n) is 5.88. The smallest absolute Gasteiger partial charge is 0.475 e. The summed E-state index contributed by atoms with van der Waals surface area (Å²) in [6.07, 6.45) is -3.22. The van der Waals surface area contributed by atoms with Gasteiger partial charge >= 0.3 is 12.1 Å². The number of benzene rings is 3. The summed E-state index contributed by atoms with van der Waals surface area (Å²) in [5.41, 5.74) is 3.05. The Morgan fingerprint density at radius 2 is 1.45 bits per heavy atom. The van der Waals surface area contributed by atoms with Gasteiger partial charge in [-0.25, -0.2) is 18.6 Å². The molecule has 0 aliphatic carbocycles. The Morgan fingerprint density at radius 3 is 2.05 bits per heavy atom. The number of rotatable bonds is 4. The van der Waals surface area contributed by atoms with Crippen LogP contribution in [0.25, 0.3) is 33.2 Å². The van der Waals surface area contributed by atoms with Crippen LogP contribution in [-0.4, -0.2) is 41.4 Å². The number of nitrogens with one attached hydrogen (secondary N) is 1. The van der Waals surface area contributed by atoms with E-state index in [4.69, 9.17) is 19.6 Å². The number of carboxylic acid groups (broad SMARTS) is 1. The molecule has 198 valence electrons. The molecule has 0 atom stereocenters. The normalized spacial score (nSPS) is 14.0. The van der Waals surface area contributed by atoms with E-state index in [0.29, 0.717) is 17.1 Å². The van der Waals surface area contributed by atoms with Gasteiger partial charge in [0.25, 0.3) is 0 Å². The molecule has 2 N–H and O–H groups in total. The topological polar surface area (TPSA) is 71.5 Å². The molecule has 2 heterocycles. The lowest BCUT2D eigenvalue weighted by Crippen LogP contribution is -2.34. The van der Waals surface area contributed by atoms with Crippen LogP contribution in [0.4, 0.5) is 22.0 Å². The minimum absolute atomic E-state index is 0.0672. The molecular weight excluding hydrogens is 507 g/mol. The fraction of sp³-hybridized carbons (Fsp3) is 0.214. The van der Waals surface area contributed by atoms with E-state index in [-0.39, 0.29) is 17.7 Å². The average molecular weight is 530 g/mol. The summed E-state index contributed by atoms with van der Waals surface area (Å²) in [6, 6.07) is 20.8. The molecule has 0 spiro atoms. The van der Waals surface area contributed by atoms with Crippen molar-refractivity contribution in [1.29, 1.82) is 0 Å². The van der Waals surface area contributed by atoms with Gasteiger partial charge in [0.1, 0.15) is 17.7 Å². The van der Waals surface area contributed by atoms with Crippen LogP contribution >= 0.6 is 0 Å². The van der Waals surface area contributed by atoms with E-state index in [9.17, 15) is 22.0 Å². The average Bonchev–Trinajstić information content (AvgIpc) is 2.89. The Morgan fingerprint density at radius 1 is 0.868 bits per heavy atom. The van der Waals surface area contributed by atoms with Gasteiger partial charge in [0.05, 0.1) is 5.69 Å². The van der Waals surface area contributed by atoms with Crippen molar-refractivity contribution < 1.29 is 36.6 Å². The van der Waals surface area contributed by atoms with Gasteiger partial charge in [-0.15, -0.1) is 0 Å². The van der Waals surface area contributed by atoms with Crippen LogP contribution in [0.2, 0.25) is 0 Å².